The van der Waals surface area contributed by atoms with E-state index in [1.54, 1.807) is 6.92 Å². The lowest BCUT2D eigenvalue weighted by atomic mass is 9.90. The van der Waals surface area contributed by atoms with Gasteiger partial charge in [-0.2, -0.15) is 10.4 Å². The van der Waals surface area contributed by atoms with E-state index in [0.29, 0.717) is 6.42 Å². The molecule has 0 bridgehead atoms. The largest absolute Gasteiger partial charge is 0.448 e. The number of para-hydroxylation sites is 1. The molecule has 166 valence electrons. The average molecular weight is 433 g/mol. The third-order valence-corrected chi connectivity index (χ3v) is 5.77. The summed E-state index contributed by atoms with van der Waals surface area (Å²) >= 11 is 0. The molecule has 1 heterocycles. The summed E-state index contributed by atoms with van der Waals surface area (Å²) in [6, 6.07) is 21.4. The van der Waals surface area contributed by atoms with Gasteiger partial charge in [0.05, 0.1) is 17.8 Å². The Labute approximate surface area is 188 Å². The number of hydrogen-bond donors (Lipinski definition) is 1. The van der Waals surface area contributed by atoms with Crippen molar-refractivity contribution >= 4 is 23.3 Å². The maximum absolute atomic E-state index is 12.9. The van der Waals surface area contributed by atoms with Crippen molar-refractivity contribution in [2.45, 2.75) is 51.8 Å². The van der Waals surface area contributed by atoms with Crippen molar-refractivity contribution in [2.24, 2.45) is 11.0 Å². The molecule has 0 saturated heterocycles. The summed E-state index contributed by atoms with van der Waals surface area (Å²) in [5.41, 5.74) is 1.08. The number of carbonyl (C=O) groups is 2. The van der Waals surface area contributed by atoms with E-state index in [0.717, 1.165) is 11.3 Å². The second-order valence-electron chi connectivity index (χ2n) is 8.36. The van der Waals surface area contributed by atoms with Crippen molar-refractivity contribution in [3.8, 4) is 6.07 Å². The fraction of sp³-hybridized carbons (Fsp3) is 0.360. The number of ether oxygens (including phenoxy) is 1. The minimum atomic E-state index is -1.06. The van der Waals surface area contributed by atoms with Gasteiger partial charge in [-0.05, 0) is 37.5 Å². The summed E-state index contributed by atoms with van der Waals surface area (Å²) in [7, 11) is 0. The van der Waals surface area contributed by atoms with Crippen LogP contribution in [0.2, 0.25) is 0 Å². The van der Waals surface area contributed by atoms with E-state index in [1.807, 2.05) is 79.5 Å². The van der Waals surface area contributed by atoms with Crippen LogP contribution in [0, 0.1) is 17.2 Å². The molecule has 1 aliphatic rings. The second-order valence-corrected chi connectivity index (χ2v) is 8.36. The summed E-state index contributed by atoms with van der Waals surface area (Å²) in [5, 5.41) is 18.4. The van der Waals surface area contributed by atoms with Crippen LogP contribution < -0.4 is 10.3 Å². The molecule has 1 aliphatic heterocycles. The zero-order chi connectivity index (χ0) is 23.3. The Morgan fingerprint density at radius 2 is 1.72 bits per heavy atom. The fourth-order valence-corrected chi connectivity index (χ4v) is 3.33. The van der Waals surface area contributed by atoms with E-state index in [-0.39, 0.29) is 17.7 Å². The second kappa shape index (κ2) is 9.65. The molecule has 0 saturated carbocycles. The van der Waals surface area contributed by atoms with Crippen LogP contribution in [-0.4, -0.2) is 29.2 Å². The van der Waals surface area contributed by atoms with Gasteiger partial charge in [-0.15, -0.1) is 0 Å². The van der Waals surface area contributed by atoms with E-state index < -0.39 is 23.5 Å². The molecule has 0 aromatic heterocycles. The molecule has 0 unspecified atom stereocenters. The van der Waals surface area contributed by atoms with Gasteiger partial charge < -0.3 is 10.1 Å². The van der Waals surface area contributed by atoms with Crippen molar-refractivity contribution in [2.75, 3.05) is 5.01 Å². The standard InChI is InChI=1S/C25H28N4O3/c1-17(2)25(4,16-26)27-23(30)18(3)32-24(31)21-15-22(19-11-7-5-8-12-19)29(28-21)20-13-9-6-10-14-20/h5-14,17-18,22H,15H2,1-4H3,(H,27,30)/t18-,22-,25-/m0/s1. The third-order valence-electron chi connectivity index (χ3n) is 5.77. The lowest BCUT2D eigenvalue weighted by molar-refractivity contribution is -0.149. The van der Waals surface area contributed by atoms with Crippen molar-refractivity contribution in [3.63, 3.8) is 0 Å². The minimum Gasteiger partial charge on any atom is -0.448 e. The SMILES string of the molecule is CC(C)[C@](C)(C#N)NC(=O)[C@H](C)OC(=O)C1=NN(c2ccccc2)[C@H](c2ccccc2)C1. The van der Waals surface area contributed by atoms with Gasteiger partial charge in [0, 0.05) is 6.42 Å². The molecule has 0 aliphatic carbocycles. The van der Waals surface area contributed by atoms with E-state index in [2.05, 4.69) is 16.5 Å². The monoisotopic (exact) mass is 432 g/mol. The minimum absolute atomic E-state index is 0.107. The van der Waals surface area contributed by atoms with Crippen LogP contribution in [0.5, 0.6) is 0 Å². The maximum Gasteiger partial charge on any atom is 0.355 e. The molecule has 1 amide bonds. The lowest BCUT2D eigenvalue weighted by Gasteiger charge is -2.28. The molecule has 0 spiro atoms. The van der Waals surface area contributed by atoms with Crippen molar-refractivity contribution < 1.29 is 14.3 Å². The highest BCUT2D eigenvalue weighted by molar-refractivity contribution is 6.37. The van der Waals surface area contributed by atoms with Crippen molar-refractivity contribution in [1.82, 2.24) is 5.32 Å². The number of amides is 1. The molecular formula is C25H28N4O3. The molecule has 2 aromatic rings. The first-order chi connectivity index (χ1) is 15.2. The van der Waals surface area contributed by atoms with Gasteiger partial charge in [-0.25, -0.2) is 4.79 Å². The molecule has 32 heavy (non-hydrogen) atoms. The number of nitrogens with one attached hydrogen (secondary N) is 1. The number of nitrogens with zero attached hydrogens (tertiary/aromatic N) is 3. The van der Waals surface area contributed by atoms with Crippen molar-refractivity contribution in [3.05, 3.63) is 66.2 Å². The first-order valence-corrected chi connectivity index (χ1v) is 10.7. The molecular weight excluding hydrogens is 404 g/mol. The van der Waals surface area contributed by atoms with Gasteiger partial charge in [0.1, 0.15) is 11.3 Å². The van der Waals surface area contributed by atoms with Gasteiger partial charge in [0.25, 0.3) is 5.91 Å². The van der Waals surface area contributed by atoms with Crippen LogP contribution in [0.25, 0.3) is 0 Å². The summed E-state index contributed by atoms with van der Waals surface area (Å²) in [6.45, 7) is 6.82. The normalized spacial score (nSPS) is 18.3. The number of benzene rings is 2. The highest BCUT2D eigenvalue weighted by Gasteiger charge is 2.36. The van der Waals surface area contributed by atoms with Crippen LogP contribution >= 0.6 is 0 Å². The molecule has 0 radical (unpaired) electrons. The number of rotatable bonds is 7. The number of hydrogen-bond acceptors (Lipinski definition) is 6. The van der Waals surface area contributed by atoms with Gasteiger partial charge in [-0.3, -0.25) is 9.80 Å². The highest BCUT2D eigenvalue weighted by Crippen LogP contribution is 2.35. The molecule has 7 heteroatoms. The average Bonchev–Trinajstić information content (AvgIpc) is 3.25. The predicted molar refractivity (Wildman–Crippen MR) is 123 cm³/mol. The molecule has 7 nitrogen and oxygen atoms in total. The summed E-state index contributed by atoms with van der Waals surface area (Å²) < 4.78 is 5.42. The Hall–Kier alpha value is -3.66. The maximum atomic E-state index is 12.9. The zero-order valence-electron chi connectivity index (χ0n) is 18.8. The quantitative estimate of drug-likeness (QED) is 0.668. The third kappa shape index (κ3) is 4.97. The van der Waals surface area contributed by atoms with Crippen LogP contribution in [0.15, 0.2) is 65.8 Å². The molecule has 0 fully saturated rings. The smallest absolute Gasteiger partial charge is 0.355 e. The fourth-order valence-electron chi connectivity index (χ4n) is 3.33. The van der Waals surface area contributed by atoms with Crippen LogP contribution in [0.1, 0.15) is 45.7 Å². The zero-order valence-corrected chi connectivity index (χ0v) is 18.8. The Kier molecular flexibility index (Phi) is 6.94. The van der Waals surface area contributed by atoms with Gasteiger partial charge >= 0.3 is 5.97 Å². The molecule has 3 atom stereocenters. The van der Waals surface area contributed by atoms with Gasteiger partial charge in [0.15, 0.2) is 6.10 Å². The molecule has 2 aromatic carbocycles. The highest BCUT2D eigenvalue weighted by atomic mass is 16.5. The van der Waals surface area contributed by atoms with Crippen molar-refractivity contribution in [1.29, 1.82) is 5.26 Å². The summed E-state index contributed by atoms with van der Waals surface area (Å²) in [4.78, 5) is 25.4. The van der Waals surface area contributed by atoms with E-state index in [9.17, 15) is 14.9 Å². The van der Waals surface area contributed by atoms with Crippen LogP contribution in [0.3, 0.4) is 0 Å². The van der Waals surface area contributed by atoms with E-state index in [1.165, 1.54) is 6.92 Å². The Bertz CT molecular complexity index is 1030. The predicted octanol–water partition coefficient (Wildman–Crippen LogP) is 3.98. The lowest BCUT2D eigenvalue weighted by Crippen LogP contribution is -2.52. The number of hydrazone groups is 1. The van der Waals surface area contributed by atoms with Gasteiger partial charge in [-0.1, -0.05) is 62.4 Å². The number of nitriles is 1. The summed E-state index contributed by atoms with van der Waals surface area (Å²) in [6.07, 6.45) is -0.703. The number of esters is 1. The number of carbonyl (C=O) groups excluding carboxylic acids is 2. The van der Waals surface area contributed by atoms with Crippen LogP contribution in [0.4, 0.5) is 5.69 Å². The first kappa shape index (κ1) is 23.0. The molecule has 3 rings (SSSR count). The topological polar surface area (TPSA) is 94.8 Å². The first-order valence-electron chi connectivity index (χ1n) is 10.7. The van der Waals surface area contributed by atoms with Crippen LogP contribution in [-0.2, 0) is 14.3 Å². The van der Waals surface area contributed by atoms with Gasteiger partial charge in [0.2, 0.25) is 0 Å². The summed E-state index contributed by atoms with van der Waals surface area (Å²) in [5.74, 6) is -1.27. The Morgan fingerprint density at radius 3 is 2.28 bits per heavy atom. The molecule has 1 N–H and O–H groups in total. The van der Waals surface area contributed by atoms with E-state index in [4.69, 9.17) is 4.74 Å². The van der Waals surface area contributed by atoms with E-state index >= 15 is 0 Å². The number of anilines is 1. The Balaban J connectivity index is 1.76. The Morgan fingerprint density at radius 1 is 1.12 bits per heavy atom.